The summed E-state index contributed by atoms with van der Waals surface area (Å²) < 4.78 is 5.72. The van der Waals surface area contributed by atoms with E-state index in [9.17, 15) is 4.79 Å². The smallest absolute Gasteiger partial charge is 0.254 e. The van der Waals surface area contributed by atoms with Crippen LogP contribution in [0.3, 0.4) is 0 Å². The molecule has 1 amide bonds. The molecule has 0 N–H and O–H groups in total. The van der Waals surface area contributed by atoms with Gasteiger partial charge < -0.3 is 9.64 Å². The fraction of sp³-hybridized carbons (Fsp3) is 0.250. The number of likely N-dealkylation sites (tertiary alicyclic amines) is 1. The van der Waals surface area contributed by atoms with Crippen molar-refractivity contribution in [3.05, 3.63) is 52.9 Å². The molecule has 2 aromatic rings. The van der Waals surface area contributed by atoms with Crippen LogP contribution in [0.15, 0.2) is 36.7 Å². The molecule has 6 nitrogen and oxygen atoms in total. The van der Waals surface area contributed by atoms with E-state index in [0.29, 0.717) is 30.1 Å². The number of aromatic nitrogens is 2. The first-order valence-corrected chi connectivity index (χ1v) is 7.48. The topological polar surface area (TPSA) is 79.1 Å². The van der Waals surface area contributed by atoms with Gasteiger partial charge in [0.25, 0.3) is 11.8 Å². The normalized spacial score (nSPS) is 16.9. The Hall–Kier alpha value is -2.65. The highest BCUT2D eigenvalue weighted by molar-refractivity contribution is 6.30. The number of carbonyl (C=O) groups is 1. The van der Waals surface area contributed by atoms with Crippen LogP contribution in [0.4, 0.5) is 0 Å². The summed E-state index contributed by atoms with van der Waals surface area (Å²) in [6.07, 6.45) is 3.38. The molecule has 1 aliphatic rings. The third-order valence-electron chi connectivity index (χ3n) is 3.55. The van der Waals surface area contributed by atoms with Gasteiger partial charge in [0.1, 0.15) is 12.2 Å². The van der Waals surface area contributed by atoms with Gasteiger partial charge in [-0.05, 0) is 18.2 Å². The fourth-order valence-corrected chi connectivity index (χ4v) is 2.65. The first-order valence-electron chi connectivity index (χ1n) is 7.10. The van der Waals surface area contributed by atoms with E-state index in [1.807, 2.05) is 6.07 Å². The molecule has 1 aliphatic heterocycles. The molecule has 0 bridgehead atoms. The number of hydrogen-bond acceptors (Lipinski definition) is 5. The predicted molar refractivity (Wildman–Crippen MR) is 83.1 cm³/mol. The number of halogens is 1. The maximum atomic E-state index is 12.5. The van der Waals surface area contributed by atoms with Crippen molar-refractivity contribution in [2.45, 2.75) is 12.5 Å². The van der Waals surface area contributed by atoms with Crippen molar-refractivity contribution in [2.75, 3.05) is 13.1 Å². The molecule has 23 heavy (non-hydrogen) atoms. The highest BCUT2D eigenvalue weighted by atomic mass is 35.5. The van der Waals surface area contributed by atoms with Crippen molar-refractivity contribution in [1.82, 2.24) is 14.9 Å². The largest absolute Gasteiger partial charge is 0.470 e. The lowest BCUT2D eigenvalue weighted by molar-refractivity contribution is 0.0771. The van der Waals surface area contributed by atoms with Gasteiger partial charge in [-0.2, -0.15) is 5.26 Å². The Bertz CT molecular complexity index is 775. The summed E-state index contributed by atoms with van der Waals surface area (Å²) in [5.74, 6) is 0.121. The van der Waals surface area contributed by atoms with Crippen LogP contribution < -0.4 is 4.74 Å². The van der Waals surface area contributed by atoms with Crippen LogP contribution in [0.2, 0.25) is 5.02 Å². The van der Waals surface area contributed by atoms with Gasteiger partial charge in [0, 0.05) is 35.9 Å². The van der Waals surface area contributed by atoms with Gasteiger partial charge in [0.2, 0.25) is 5.69 Å². The summed E-state index contributed by atoms with van der Waals surface area (Å²) in [6, 6.07) is 8.80. The average Bonchev–Trinajstić information content (AvgIpc) is 3.03. The van der Waals surface area contributed by atoms with E-state index in [4.69, 9.17) is 21.6 Å². The Kier molecular flexibility index (Phi) is 4.40. The molecule has 116 valence electrons. The lowest BCUT2D eigenvalue weighted by Gasteiger charge is -2.17. The van der Waals surface area contributed by atoms with Crippen LogP contribution in [0.1, 0.15) is 22.5 Å². The summed E-state index contributed by atoms with van der Waals surface area (Å²) >= 11 is 5.92. The Morgan fingerprint density at radius 3 is 3.00 bits per heavy atom. The summed E-state index contributed by atoms with van der Waals surface area (Å²) in [6.45, 7) is 1.02. The van der Waals surface area contributed by atoms with E-state index in [-0.39, 0.29) is 23.6 Å². The van der Waals surface area contributed by atoms with Crippen LogP contribution >= 0.6 is 11.6 Å². The number of hydrogen-bond donors (Lipinski definition) is 0. The van der Waals surface area contributed by atoms with Crippen molar-refractivity contribution >= 4 is 17.5 Å². The van der Waals surface area contributed by atoms with E-state index >= 15 is 0 Å². The van der Waals surface area contributed by atoms with Crippen LogP contribution in [0, 0.1) is 11.3 Å². The minimum absolute atomic E-state index is 0.0850. The molecule has 0 spiro atoms. The Labute approximate surface area is 138 Å². The number of nitrogens with zero attached hydrogens (tertiary/aromatic N) is 4. The number of nitriles is 1. The number of benzene rings is 1. The summed E-state index contributed by atoms with van der Waals surface area (Å²) in [4.78, 5) is 22.1. The Morgan fingerprint density at radius 2 is 2.22 bits per heavy atom. The maximum absolute atomic E-state index is 12.5. The minimum Gasteiger partial charge on any atom is -0.470 e. The molecular weight excluding hydrogens is 316 g/mol. The second kappa shape index (κ2) is 6.63. The van der Waals surface area contributed by atoms with Crippen molar-refractivity contribution in [3.63, 3.8) is 0 Å². The number of amides is 1. The maximum Gasteiger partial charge on any atom is 0.254 e. The number of carbonyl (C=O) groups excluding carboxylic acids is 1. The summed E-state index contributed by atoms with van der Waals surface area (Å²) in [5.41, 5.74) is 0.697. The zero-order valence-corrected chi connectivity index (χ0v) is 12.9. The van der Waals surface area contributed by atoms with E-state index < -0.39 is 0 Å². The molecule has 0 aliphatic carbocycles. The van der Waals surface area contributed by atoms with E-state index in [1.54, 1.807) is 29.2 Å². The molecule has 0 saturated carbocycles. The summed E-state index contributed by atoms with van der Waals surface area (Å²) in [7, 11) is 0. The van der Waals surface area contributed by atoms with Crippen molar-refractivity contribution in [3.8, 4) is 11.9 Å². The molecule has 1 atom stereocenters. The Balaban J connectivity index is 1.67. The van der Waals surface area contributed by atoms with Gasteiger partial charge in [0.05, 0.1) is 6.54 Å². The van der Waals surface area contributed by atoms with E-state index in [1.165, 1.54) is 12.4 Å². The van der Waals surface area contributed by atoms with E-state index in [2.05, 4.69) is 9.97 Å². The van der Waals surface area contributed by atoms with Gasteiger partial charge in [-0.1, -0.05) is 17.7 Å². The zero-order chi connectivity index (χ0) is 16.2. The molecule has 1 unspecified atom stereocenters. The third-order valence-corrected chi connectivity index (χ3v) is 3.79. The molecule has 3 rings (SSSR count). The number of ether oxygens (including phenoxy) is 1. The predicted octanol–water partition coefficient (Wildman–Crippen LogP) is 2.30. The second-order valence-corrected chi connectivity index (χ2v) is 5.55. The standard InChI is InChI=1S/C16H13ClN4O2/c17-12-3-1-2-11(8-12)16(22)21-7-4-13(10-21)23-15-14(9-18)19-5-6-20-15/h1-3,5-6,8,13H,4,7,10H2. The summed E-state index contributed by atoms with van der Waals surface area (Å²) in [5, 5.41) is 9.53. The van der Waals surface area contributed by atoms with Gasteiger partial charge >= 0.3 is 0 Å². The highest BCUT2D eigenvalue weighted by Crippen LogP contribution is 2.21. The third kappa shape index (κ3) is 3.41. The van der Waals surface area contributed by atoms with E-state index in [0.717, 1.165) is 0 Å². The van der Waals surface area contributed by atoms with Gasteiger partial charge in [-0.3, -0.25) is 4.79 Å². The van der Waals surface area contributed by atoms with Crippen molar-refractivity contribution < 1.29 is 9.53 Å². The molecular formula is C16H13ClN4O2. The first kappa shape index (κ1) is 15.3. The van der Waals surface area contributed by atoms with Gasteiger partial charge in [-0.15, -0.1) is 0 Å². The average molecular weight is 329 g/mol. The molecule has 1 fully saturated rings. The fourth-order valence-electron chi connectivity index (χ4n) is 2.46. The monoisotopic (exact) mass is 328 g/mol. The van der Waals surface area contributed by atoms with Crippen LogP contribution in [0.25, 0.3) is 0 Å². The van der Waals surface area contributed by atoms with Gasteiger partial charge in [-0.25, -0.2) is 9.97 Å². The molecule has 0 radical (unpaired) electrons. The molecule has 7 heteroatoms. The van der Waals surface area contributed by atoms with Crippen LogP contribution in [-0.4, -0.2) is 40.0 Å². The number of rotatable bonds is 3. The van der Waals surface area contributed by atoms with Gasteiger partial charge in [0.15, 0.2) is 0 Å². The van der Waals surface area contributed by atoms with Crippen LogP contribution in [0.5, 0.6) is 5.88 Å². The first-order chi connectivity index (χ1) is 11.2. The van der Waals surface area contributed by atoms with Crippen molar-refractivity contribution in [2.24, 2.45) is 0 Å². The SMILES string of the molecule is N#Cc1nccnc1OC1CCN(C(=O)c2cccc(Cl)c2)C1. The second-order valence-electron chi connectivity index (χ2n) is 5.11. The highest BCUT2D eigenvalue weighted by Gasteiger charge is 2.29. The molecule has 1 aromatic carbocycles. The lowest BCUT2D eigenvalue weighted by Crippen LogP contribution is -2.31. The van der Waals surface area contributed by atoms with Crippen LogP contribution in [-0.2, 0) is 0 Å². The minimum atomic E-state index is -0.207. The Morgan fingerprint density at radius 1 is 1.39 bits per heavy atom. The zero-order valence-electron chi connectivity index (χ0n) is 12.1. The molecule has 2 heterocycles. The lowest BCUT2D eigenvalue weighted by atomic mass is 10.2. The molecule has 1 saturated heterocycles. The molecule has 1 aromatic heterocycles. The quantitative estimate of drug-likeness (QED) is 0.863. The van der Waals surface area contributed by atoms with Crippen molar-refractivity contribution in [1.29, 1.82) is 5.26 Å².